The lowest BCUT2D eigenvalue weighted by Gasteiger charge is -2.08. The highest BCUT2D eigenvalue weighted by molar-refractivity contribution is 9.10. The van der Waals surface area contributed by atoms with Crippen LogP contribution in [-0.2, 0) is 9.53 Å². The van der Waals surface area contributed by atoms with Crippen molar-refractivity contribution in [1.82, 2.24) is 5.32 Å². The van der Waals surface area contributed by atoms with Crippen LogP contribution in [0.5, 0.6) is 5.75 Å². The summed E-state index contributed by atoms with van der Waals surface area (Å²) in [6.45, 7) is 0.361. The number of hydrogen-bond acceptors (Lipinski definition) is 4. The third-order valence-electron chi connectivity index (χ3n) is 2.85. The fourth-order valence-corrected chi connectivity index (χ4v) is 1.99. The van der Waals surface area contributed by atoms with Gasteiger partial charge in [0, 0.05) is 4.47 Å². The molecule has 0 spiro atoms. The summed E-state index contributed by atoms with van der Waals surface area (Å²) in [5, 5.41) is 2.62. The van der Waals surface area contributed by atoms with Gasteiger partial charge < -0.3 is 14.8 Å². The van der Waals surface area contributed by atoms with Gasteiger partial charge in [0.2, 0.25) is 0 Å². The van der Waals surface area contributed by atoms with Crippen LogP contribution in [0.2, 0.25) is 0 Å². The first-order valence-electron chi connectivity index (χ1n) is 7.02. The molecule has 0 saturated carbocycles. The van der Waals surface area contributed by atoms with Gasteiger partial charge in [0.15, 0.2) is 6.61 Å². The molecule has 2 aromatic carbocycles. The van der Waals surface area contributed by atoms with Gasteiger partial charge in [-0.05, 0) is 36.4 Å². The lowest BCUT2D eigenvalue weighted by atomic mass is 10.2. The molecule has 0 aliphatic rings. The average Bonchev–Trinajstić information content (AvgIpc) is 2.58. The lowest BCUT2D eigenvalue weighted by Crippen LogP contribution is -2.32. The molecule has 6 heteroatoms. The molecule has 5 nitrogen and oxygen atoms in total. The lowest BCUT2D eigenvalue weighted by molar-refractivity contribution is -0.124. The third kappa shape index (κ3) is 6.12. The van der Waals surface area contributed by atoms with Gasteiger partial charge >= 0.3 is 5.97 Å². The van der Waals surface area contributed by atoms with Crippen molar-refractivity contribution >= 4 is 27.8 Å². The Morgan fingerprint density at radius 3 is 2.39 bits per heavy atom. The van der Waals surface area contributed by atoms with Crippen LogP contribution in [0.25, 0.3) is 0 Å². The minimum absolute atomic E-state index is 0.319. The molecule has 1 N–H and O–H groups in total. The molecule has 120 valence electrons. The van der Waals surface area contributed by atoms with E-state index >= 15 is 0 Å². The zero-order valence-corrected chi connectivity index (χ0v) is 13.9. The van der Waals surface area contributed by atoms with E-state index in [4.69, 9.17) is 9.47 Å². The Morgan fingerprint density at radius 1 is 1.00 bits per heavy atom. The molecule has 0 radical (unpaired) electrons. The standard InChI is InChI=1S/C17H16BrNO4/c18-14-8-6-13(7-9-14)17(21)23-12-16(20)19-10-11-22-15-4-2-1-3-5-15/h1-9H,10-12H2,(H,19,20). The third-order valence-corrected chi connectivity index (χ3v) is 3.38. The summed E-state index contributed by atoms with van der Waals surface area (Å²) < 4.78 is 11.2. The first kappa shape index (κ1) is 17.0. The molecule has 2 aromatic rings. The number of rotatable bonds is 7. The first-order valence-corrected chi connectivity index (χ1v) is 7.81. The van der Waals surface area contributed by atoms with Gasteiger partial charge in [0.25, 0.3) is 5.91 Å². The summed E-state index contributed by atoms with van der Waals surface area (Å²) in [5.41, 5.74) is 0.397. The molecule has 0 aliphatic carbocycles. The predicted octanol–water partition coefficient (Wildman–Crippen LogP) is 2.80. The molecule has 0 heterocycles. The molecule has 0 fully saturated rings. The van der Waals surface area contributed by atoms with Crippen molar-refractivity contribution in [2.24, 2.45) is 0 Å². The number of hydrogen-bond donors (Lipinski definition) is 1. The number of halogens is 1. The van der Waals surface area contributed by atoms with Crippen molar-refractivity contribution in [2.75, 3.05) is 19.8 Å². The maximum atomic E-state index is 11.7. The minimum Gasteiger partial charge on any atom is -0.492 e. The van der Waals surface area contributed by atoms with Gasteiger partial charge in [0.1, 0.15) is 12.4 Å². The van der Waals surface area contributed by atoms with E-state index in [0.29, 0.717) is 18.7 Å². The van der Waals surface area contributed by atoms with Crippen LogP contribution in [0.3, 0.4) is 0 Å². The van der Waals surface area contributed by atoms with E-state index in [1.807, 2.05) is 30.3 Å². The molecular formula is C17H16BrNO4. The van der Waals surface area contributed by atoms with Crippen molar-refractivity contribution in [3.05, 3.63) is 64.6 Å². The Labute approximate surface area is 142 Å². The monoisotopic (exact) mass is 377 g/mol. The number of esters is 1. The second kappa shape index (κ2) is 8.95. The van der Waals surface area contributed by atoms with Crippen molar-refractivity contribution in [2.45, 2.75) is 0 Å². The summed E-state index contributed by atoms with van der Waals surface area (Å²) in [7, 11) is 0. The smallest absolute Gasteiger partial charge is 0.338 e. The molecule has 0 aromatic heterocycles. The number of nitrogens with one attached hydrogen (secondary N) is 1. The first-order chi connectivity index (χ1) is 11.1. The summed E-state index contributed by atoms with van der Waals surface area (Å²) in [5.74, 6) is -0.163. The van der Waals surface area contributed by atoms with E-state index in [2.05, 4.69) is 21.2 Å². The highest BCUT2D eigenvalue weighted by Crippen LogP contribution is 2.11. The fourth-order valence-electron chi connectivity index (χ4n) is 1.73. The number of carbonyl (C=O) groups is 2. The van der Waals surface area contributed by atoms with Gasteiger partial charge in [-0.1, -0.05) is 34.1 Å². The summed E-state index contributed by atoms with van der Waals surface area (Å²) in [6.07, 6.45) is 0. The molecule has 0 atom stereocenters. The Hall–Kier alpha value is -2.34. The molecule has 0 aliphatic heterocycles. The van der Waals surface area contributed by atoms with E-state index in [1.54, 1.807) is 24.3 Å². The Kier molecular flexibility index (Phi) is 6.62. The van der Waals surface area contributed by atoms with E-state index in [1.165, 1.54) is 0 Å². The highest BCUT2D eigenvalue weighted by atomic mass is 79.9. The Morgan fingerprint density at radius 2 is 1.70 bits per heavy atom. The van der Waals surface area contributed by atoms with E-state index in [0.717, 1.165) is 10.2 Å². The summed E-state index contributed by atoms with van der Waals surface area (Å²) in [6, 6.07) is 16.0. The van der Waals surface area contributed by atoms with Gasteiger partial charge in [-0.2, -0.15) is 0 Å². The Balaban J connectivity index is 1.63. The number of amides is 1. The fraction of sp³-hybridized carbons (Fsp3) is 0.176. The molecular weight excluding hydrogens is 362 g/mol. The topological polar surface area (TPSA) is 64.6 Å². The van der Waals surface area contributed by atoms with Gasteiger partial charge in [0.05, 0.1) is 12.1 Å². The highest BCUT2D eigenvalue weighted by Gasteiger charge is 2.09. The van der Waals surface area contributed by atoms with Crippen LogP contribution in [0, 0.1) is 0 Å². The molecule has 1 amide bonds. The van der Waals surface area contributed by atoms with E-state index in [9.17, 15) is 9.59 Å². The average molecular weight is 378 g/mol. The second-order valence-electron chi connectivity index (χ2n) is 4.59. The van der Waals surface area contributed by atoms with Gasteiger partial charge in [-0.25, -0.2) is 4.79 Å². The zero-order chi connectivity index (χ0) is 16.5. The predicted molar refractivity (Wildman–Crippen MR) is 89.4 cm³/mol. The molecule has 23 heavy (non-hydrogen) atoms. The number of ether oxygens (including phenoxy) is 2. The Bertz CT molecular complexity index is 643. The molecule has 0 unspecified atom stereocenters. The minimum atomic E-state index is -0.534. The maximum absolute atomic E-state index is 11.7. The quantitative estimate of drug-likeness (QED) is 0.595. The van der Waals surface area contributed by atoms with Crippen LogP contribution in [-0.4, -0.2) is 31.6 Å². The summed E-state index contributed by atoms with van der Waals surface area (Å²) >= 11 is 3.28. The van der Waals surface area contributed by atoms with Gasteiger partial charge in [-0.15, -0.1) is 0 Å². The van der Waals surface area contributed by atoms with Crippen LogP contribution >= 0.6 is 15.9 Å². The second-order valence-corrected chi connectivity index (χ2v) is 5.51. The van der Waals surface area contributed by atoms with E-state index < -0.39 is 5.97 Å². The van der Waals surface area contributed by atoms with Crippen LogP contribution < -0.4 is 10.1 Å². The molecule has 0 bridgehead atoms. The number of benzene rings is 2. The SMILES string of the molecule is O=C(COC(=O)c1ccc(Br)cc1)NCCOc1ccccc1. The molecule has 2 rings (SSSR count). The zero-order valence-electron chi connectivity index (χ0n) is 12.3. The number of carbonyl (C=O) groups excluding carboxylic acids is 2. The normalized spacial score (nSPS) is 9.96. The van der Waals surface area contributed by atoms with E-state index in [-0.39, 0.29) is 12.5 Å². The van der Waals surface area contributed by atoms with Crippen molar-refractivity contribution < 1.29 is 19.1 Å². The van der Waals surface area contributed by atoms with Crippen molar-refractivity contribution in [3.8, 4) is 5.75 Å². The van der Waals surface area contributed by atoms with Crippen LogP contribution in [0.15, 0.2) is 59.1 Å². The number of para-hydroxylation sites is 1. The summed E-state index contributed by atoms with van der Waals surface area (Å²) in [4.78, 5) is 23.3. The molecule has 0 saturated heterocycles. The van der Waals surface area contributed by atoms with Crippen LogP contribution in [0.1, 0.15) is 10.4 Å². The van der Waals surface area contributed by atoms with Crippen molar-refractivity contribution in [1.29, 1.82) is 0 Å². The largest absolute Gasteiger partial charge is 0.492 e. The van der Waals surface area contributed by atoms with Gasteiger partial charge in [-0.3, -0.25) is 4.79 Å². The van der Waals surface area contributed by atoms with Crippen molar-refractivity contribution in [3.63, 3.8) is 0 Å². The van der Waals surface area contributed by atoms with Crippen LogP contribution in [0.4, 0.5) is 0 Å². The maximum Gasteiger partial charge on any atom is 0.338 e.